The van der Waals surface area contributed by atoms with Crippen LogP contribution in [0.5, 0.6) is 0 Å². The molecule has 0 radical (unpaired) electrons. The molecule has 1 aliphatic heterocycles. The van der Waals surface area contributed by atoms with Gasteiger partial charge in [-0.1, -0.05) is 12.1 Å². The Hall–Kier alpha value is -3.00. The van der Waals surface area contributed by atoms with Gasteiger partial charge in [0, 0.05) is 50.2 Å². The fraction of sp³-hybridized carbons (Fsp3) is 0.333. The predicted molar refractivity (Wildman–Crippen MR) is 115 cm³/mol. The number of morpholine rings is 1. The summed E-state index contributed by atoms with van der Waals surface area (Å²) in [6.45, 7) is 3.82. The lowest BCUT2D eigenvalue weighted by Gasteiger charge is -2.29. The Morgan fingerprint density at radius 2 is 1.66 bits per heavy atom. The molecule has 0 unspecified atom stereocenters. The van der Waals surface area contributed by atoms with Gasteiger partial charge in [0.05, 0.1) is 24.5 Å². The fourth-order valence-electron chi connectivity index (χ4n) is 4.25. The topological polar surface area (TPSA) is 29.4 Å². The van der Waals surface area contributed by atoms with Crippen molar-refractivity contribution < 1.29 is 22.3 Å². The van der Waals surface area contributed by atoms with E-state index >= 15 is 0 Å². The highest BCUT2D eigenvalue weighted by atomic mass is 19.4. The number of benzene rings is 2. The largest absolute Gasteiger partial charge is 0.416 e. The van der Waals surface area contributed by atoms with Gasteiger partial charge in [-0.3, -0.25) is 0 Å². The summed E-state index contributed by atoms with van der Waals surface area (Å²) in [7, 11) is 0. The maximum Gasteiger partial charge on any atom is 0.416 e. The van der Waals surface area contributed by atoms with E-state index in [1.807, 2.05) is 27.9 Å². The van der Waals surface area contributed by atoms with Crippen LogP contribution in [-0.4, -0.2) is 37.4 Å². The van der Waals surface area contributed by atoms with Crippen molar-refractivity contribution in [3.63, 3.8) is 0 Å². The molecule has 8 heteroatoms. The van der Waals surface area contributed by atoms with Crippen LogP contribution in [0.1, 0.15) is 28.2 Å². The van der Waals surface area contributed by atoms with E-state index in [1.165, 1.54) is 29.3 Å². The summed E-state index contributed by atoms with van der Waals surface area (Å²) >= 11 is 0. The molecule has 5 rings (SSSR count). The summed E-state index contributed by atoms with van der Waals surface area (Å²) in [4.78, 5) is 1.99. The van der Waals surface area contributed by atoms with Crippen molar-refractivity contribution in [1.29, 1.82) is 0 Å². The molecule has 1 saturated heterocycles. The molecule has 2 aliphatic rings. The molecule has 0 amide bonds. The number of hydrogen-bond acceptors (Lipinski definition) is 3. The molecule has 0 atom stereocenters. The van der Waals surface area contributed by atoms with Crippen LogP contribution < -0.4 is 10.2 Å². The number of nitrogens with zero attached hydrogens (tertiary/aromatic N) is 2. The van der Waals surface area contributed by atoms with Gasteiger partial charge in [-0.25, -0.2) is 4.39 Å². The van der Waals surface area contributed by atoms with Gasteiger partial charge in [0.25, 0.3) is 0 Å². The van der Waals surface area contributed by atoms with E-state index in [1.54, 1.807) is 6.07 Å². The highest BCUT2D eigenvalue weighted by Gasteiger charge is 2.34. The summed E-state index contributed by atoms with van der Waals surface area (Å²) < 4.78 is 59.9. The lowest BCUT2D eigenvalue weighted by Crippen LogP contribution is -2.36. The van der Waals surface area contributed by atoms with Crippen molar-refractivity contribution in [3.8, 4) is 0 Å². The average molecular weight is 445 g/mol. The number of fused-ring (bicyclic) bond motifs is 1. The SMILES string of the molecule is Fc1cc(NCC2c3cn(Cc4ccc(C(F)(F)F)cc4)cc32)ccc1N1CCOCC1. The molecule has 32 heavy (non-hydrogen) atoms. The Bertz CT molecular complexity index is 1080. The third-order valence-electron chi connectivity index (χ3n) is 6.07. The summed E-state index contributed by atoms with van der Waals surface area (Å²) in [5.74, 6) is 0.0508. The molecule has 3 aromatic rings. The fourth-order valence-corrected chi connectivity index (χ4v) is 4.25. The number of nitrogens with one attached hydrogen (secondary N) is 1. The van der Waals surface area contributed by atoms with Gasteiger partial charge in [-0.2, -0.15) is 13.2 Å². The maximum absolute atomic E-state index is 14.5. The van der Waals surface area contributed by atoms with Crippen LogP contribution in [0.3, 0.4) is 0 Å². The Kier molecular flexibility index (Phi) is 5.33. The van der Waals surface area contributed by atoms with Crippen molar-refractivity contribution in [3.05, 3.63) is 82.9 Å². The van der Waals surface area contributed by atoms with Crippen LogP contribution in [0.4, 0.5) is 28.9 Å². The van der Waals surface area contributed by atoms with Gasteiger partial charge < -0.3 is 19.5 Å². The van der Waals surface area contributed by atoms with E-state index in [-0.39, 0.29) is 5.82 Å². The molecule has 4 nitrogen and oxygen atoms in total. The van der Waals surface area contributed by atoms with E-state index < -0.39 is 11.7 Å². The van der Waals surface area contributed by atoms with Crippen LogP contribution in [0.25, 0.3) is 0 Å². The number of anilines is 2. The number of hydrogen-bond donors (Lipinski definition) is 1. The van der Waals surface area contributed by atoms with Gasteiger partial charge in [-0.15, -0.1) is 0 Å². The first-order valence-corrected chi connectivity index (χ1v) is 10.6. The second kappa shape index (κ2) is 8.16. The first-order chi connectivity index (χ1) is 15.4. The Balaban J connectivity index is 1.14. The zero-order valence-corrected chi connectivity index (χ0v) is 17.3. The maximum atomic E-state index is 14.5. The summed E-state index contributed by atoms with van der Waals surface area (Å²) in [6, 6.07) is 10.5. The van der Waals surface area contributed by atoms with Crippen molar-refractivity contribution in [2.75, 3.05) is 43.1 Å². The van der Waals surface area contributed by atoms with E-state index in [0.29, 0.717) is 51.0 Å². The number of ether oxygens (including phenoxy) is 1. The Morgan fingerprint density at radius 1 is 0.969 bits per heavy atom. The van der Waals surface area contributed by atoms with E-state index in [4.69, 9.17) is 4.74 Å². The summed E-state index contributed by atoms with van der Waals surface area (Å²) in [5, 5.41) is 3.30. The zero-order chi connectivity index (χ0) is 22.3. The minimum Gasteiger partial charge on any atom is -0.384 e. The van der Waals surface area contributed by atoms with Crippen molar-refractivity contribution in [1.82, 2.24) is 4.57 Å². The quantitative estimate of drug-likeness (QED) is 0.536. The molecule has 2 heterocycles. The Morgan fingerprint density at radius 3 is 2.28 bits per heavy atom. The first-order valence-electron chi connectivity index (χ1n) is 10.6. The number of halogens is 4. The number of alkyl halides is 3. The third-order valence-corrected chi connectivity index (χ3v) is 6.07. The third kappa shape index (κ3) is 4.32. The van der Waals surface area contributed by atoms with Crippen molar-refractivity contribution >= 4 is 11.4 Å². The van der Waals surface area contributed by atoms with Gasteiger partial charge in [0.1, 0.15) is 5.82 Å². The molecule has 1 N–H and O–H groups in total. The normalized spacial score (nSPS) is 16.2. The van der Waals surface area contributed by atoms with E-state index in [0.717, 1.165) is 23.4 Å². The molecule has 1 aliphatic carbocycles. The smallest absolute Gasteiger partial charge is 0.384 e. The van der Waals surface area contributed by atoms with Crippen molar-refractivity contribution in [2.24, 2.45) is 0 Å². The highest BCUT2D eigenvalue weighted by molar-refractivity contribution is 5.58. The van der Waals surface area contributed by atoms with E-state index in [9.17, 15) is 17.6 Å². The highest BCUT2D eigenvalue weighted by Crippen LogP contribution is 2.44. The Labute approximate surface area is 183 Å². The minimum atomic E-state index is -4.32. The van der Waals surface area contributed by atoms with E-state index in [2.05, 4.69) is 5.32 Å². The van der Waals surface area contributed by atoms with Crippen LogP contribution in [0.15, 0.2) is 54.9 Å². The van der Waals surface area contributed by atoms with Crippen LogP contribution in [-0.2, 0) is 17.5 Å². The summed E-state index contributed by atoms with van der Waals surface area (Å²) in [5.41, 5.74) is 3.96. The predicted octanol–water partition coefficient (Wildman–Crippen LogP) is 5.09. The number of aromatic nitrogens is 1. The first kappa shape index (κ1) is 20.9. The monoisotopic (exact) mass is 445 g/mol. The summed E-state index contributed by atoms with van der Waals surface area (Å²) in [6.07, 6.45) is -0.257. The lowest BCUT2D eigenvalue weighted by molar-refractivity contribution is -0.137. The second-order valence-electron chi connectivity index (χ2n) is 8.23. The zero-order valence-electron chi connectivity index (χ0n) is 17.3. The number of rotatable bonds is 6. The van der Waals surface area contributed by atoms with Gasteiger partial charge in [0.2, 0.25) is 0 Å². The molecule has 1 aromatic heterocycles. The van der Waals surface area contributed by atoms with Crippen LogP contribution >= 0.6 is 0 Å². The molecular weight excluding hydrogens is 422 g/mol. The molecule has 168 valence electrons. The average Bonchev–Trinajstić information content (AvgIpc) is 3.23. The molecular formula is C24H23F4N3O. The molecule has 0 bridgehead atoms. The van der Waals surface area contributed by atoms with Crippen LogP contribution in [0.2, 0.25) is 0 Å². The van der Waals surface area contributed by atoms with Crippen molar-refractivity contribution in [2.45, 2.75) is 18.6 Å². The molecule has 2 aromatic carbocycles. The minimum absolute atomic E-state index is 0.242. The standard InChI is InChI=1S/C24H23F4N3O/c25-22-11-18(5-6-23(22)31-7-9-32-10-8-31)29-12-19-20-14-30(15-21(19)20)13-16-1-3-17(4-2-16)24(26,27)28/h1-6,11,14-15,19,29H,7-10,12-13H2. The molecule has 1 fully saturated rings. The molecule has 0 saturated carbocycles. The second-order valence-corrected chi connectivity index (χ2v) is 8.23. The van der Waals surface area contributed by atoms with Gasteiger partial charge >= 0.3 is 6.18 Å². The van der Waals surface area contributed by atoms with Gasteiger partial charge in [0.15, 0.2) is 0 Å². The lowest BCUT2D eigenvalue weighted by atomic mass is 10.1. The van der Waals surface area contributed by atoms with Crippen LogP contribution in [0, 0.1) is 5.82 Å². The van der Waals surface area contributed by atoms with Gasteiger partial charge in [-0.05, 0) is 47.0 Å². The molecule has 0 spiro atoms.